The van der Waals surface area contributed by atoms with Crippen LogP contribution >= 0.6 is 0 Å². The van der Waals surface area contributed by atoms with Crippen molar-refractivity contribution in [2.24, 2.45) is 10.8 Å². The van der Waals surface area contributed by atoms with Gasteiger partial charge in [-0.25, -0.2) is 4.79 Å². The fourth-order valence-corrected chi connectivity index (χ4v) is 3.89. The predicted octanol–water partition coefficient (Wildman–Crippen LogP) is 2.56. The van der Waals surface area contributed by atoms with E-state index in [9.17, 15) is 9.59 Å². The average molecular weight is 246 g/mol. The van der Waals surface area contributed by atoms with E-state index in [1.807, 2.05) is 0 Å². The second-order valence-corrected chi connectivity index (χ2v) is 6.40. The van der Waals surface area contributed by atoms with E-state index in [1.54, 1.807) is 0 Å². The zero-order valence-electron chi connectivity index (χ0n) is 11.1. The highest BCUT2D eigenvalue weighted by Crippen LogP contribution is 2.61. The Morgan fingerprint density at radius 1 is 1.33 bits per heavy atom. The lowest BCUT2D eigenvalue weighted by atomic mass is 9.52. The first-order chi connectivity index (χ1) is 8.37. The summed E-state index contributed by atoms with van der Waals surface area (Å²) in [5.74, 6) is -0.253. The van der Waals surface area contributed by atoms with Gasteiger partial charge < -0.3 is 4.74 Å². The molecule has 3 aliphatic rings. The molecular weight excluding hydrogens is 228 g/mol. The number of ether oxygens (including phenoxy) is 1. The highest BCUT2D eigenvalue weighted by atomic mass is 16.6. The molecule has 0 aromatic carbocycles. The summed E-state index contributed by atoms with van der Waals surface area (Å²) in [6.45, 7) is 6.24. The van der Waals surface area contributed by atoms with Crippen molar-refractivity contribution in [3.8, 4) is 0 Å². The van der Waals surface area contributed by atoms with Gasteiger partial charge >= 0.3 is 5.97 Å². The summed E-state index contributed by atoms with van der Waals surface area (Å²) in [6, 6.07) is 0. The van der Waals surface area contributed by atoms with Gasteiger partial charge in [0.15, 0.2) is 5.78 Å². The van der Waals surface area contributed by atoms with Gasteiger partial charge in [0.2, 0.25) is 0 Å². The number of carbonyl (C=O) groups is 2. The normalized spacial score (nSPS) is 37.4. The molecular formula is C15H18O3. The summed E-state index contributed by atoms with van der Waals surface area (Å²) in [5, 5.41) is 0. The molecule has 1 saturated heterocycles. The average Bonchev–Trinajstić information content (AvgIpc) is 2.51. The van der Waals surface area contributed by atoms with Crippen LogP contribution in [0, 0.1) is 10.8 Å². The zero-order chi connectivity index (χ0) is 13.1. The fraction of sp³-hybridized carbons (Fsp3) is 0.600. The summed E-state index contributed by atoms with van der Waals surface area (Å²) >= 11 is 0. The van der Waals surface area contributed by atoms with Gasteiger partial charge in [-0.1, -0.05) is 19.4 Å². The Bertz CT molecular complexity index is 510. The van der Waals surface area contributed by atoms with Crippen molar-refractivity contribution in [3.63, 3.8) is 0 Å². The number of carbonyl (C=O) groups excluding carboxylic acids is 2. The molecule has 0 radical (unpaired) electrons. The Balaban J connectivity index is 2.22. The van der Waals surface area contributed by atoms with Gasteiger partial charge in [-0.3, -0.25) is 4.79 Å². The van der Waals surface area contributed by atoms with E-state index < -0.39 is 0 Å². The summed E-state index contributed by atoms with van der Waals surface area (Å²) in [7, 11) is 0. The molecule has 1 spiro atoms. The van der Waals surface area contributed by atoms with Crippen molar-refractivity contribution in [2.75, 3.05) is 0 Å². The SMILES string of the molecule is CC1=C[C@@H]2OC(=O)C3=CC(=O)CC(C)(C)[C@]32CC1. The van der Waals surface area contributed by atoms with E-state index in [-0.39, 0.29) is 28.7 Å². The smallest absolute Gasteiger partial charge is 0.335 e. The topological polar surface area (TPSA) is 43.4 Å². The third-order valence-electron chi connectivity index (χ3n) is 4.90. The molecule has 0 aromatic heterocycles. The molecule has 0 saturated carbocycles. The number of rotatable bonds is 0. The van der Waals surface area contributed by atoms with E-state index in [0.29, 0.717) is 12.0 Å². The van der Waals surface area contributed by atoms with Crippen molar-refractivity contribution in [1.29, 1.82) is 0 Å². The Kier molecular flexibility index (Phi) is 2.17. The second-order valence-electron chi connectivity index (χ2n) is 6.40. The molecule has 0 aromatic rings. The standard InChI is InChI=1S/C15H18O3/c1-9-4-5-15-11(13(17)18-12(15)6-9)7-10(16)8-14(15,2)3/h6-7,12H,4-5,8H2,1-3H3/t12-,15+/m0/s1. The number of allylic oxidation sites excluding steroid dienone is 2. The lowest BCUT2D eigenvalue weighted by Gasteiger charge is -2.49. The van der Waals surface area contributed by atoms with E-state index in [0.717, 1.165) is 12.8 Å². The Morgan fingerprint density at radius 3 is 2.78 bits per heavy atom. The molecule has 1 fully saturated rings. The molecule has 18 heavy (non-hydrogen) atoms. The van der Waals surface area contributed by atoms with Crippen LogP contribution in [0.4, 0.5) is 0 Å². The van der Waals surface area contributed by atoms with Gasteiger partial charge in [0, 0.05) is 11.8 Å². The molecule has 96 valence electrons. The van der Waals surface area contributed by atoms with Crippen LogP contribution in [0.25, 0.3) is 0 Å². The molecule has 1 heterocycles. The maximum atomic E-state index is 12.0. The molecule has 0 bridgehead atoms. The van der Waals surface area contributed by atoms with Crippen molar-refractivity contribution in [3.05, 3.63) is 23.3 Å². The maximum Gasteiger partial charge on any atom is 0.335 e. The van der Waals surface area contributed by atoms with Crippen LogP contribution in [0.3, 0.4) is 0 Å². The van der Waals surface area contributed by atoms with Gasteiger partial charge in [0.1, 0.15) is 6.10 Å². The van der Waals surface area contributed by atoms with Gasteiger partial charge in [0.25, 0.3) is 0 Å². The quantitative estimate of drug-likeness (QED) is 0.487. The van der Waals surface area contributed by atoms with Gasteiger partial charge in [-0.05, 0) is 37.3 Å². The van der Waals surface area contributed by atoms with Crippen LogP contribution in [-0.2, 0) is 14.3 Å². The molecule has 3 nitrogen and oxygen atoms in total. The molecule has 0 amide bonds. The third kappa shape index (κ3) is 1.25. The molecule has 2 atom stereocenters. The number of esters is 1. The highest BCUT2D eigenvalue weighted by Gasteiger charge is 2.63. The number of hydrogen-bond acceptors (Lipinski definition) is 3. The minimum Gasteiger partial charge on any atom is -0.454 e. The summed E-state index contributed by atoms with van der Waals surface area (Å²) in [5.41, 5.74) is 1.37. The first-order valence-electron chi connectivity index (χ1n) is 6.50. The summed E-state index contributed by atoms with van der Waals surface area (Å²) in [6.07, 6.45) is 5.78. The summed E-state index contributed by atoms with van der Waals surface area (Å²) in [4.78, 5) is 23.8. The second kappa shape index (κ2) is 3.34. The largest absolute Gasteiger partial charge is 0.454 e. The molecule has 1 aliphatic heterocycles. The Morgan fingerprint density at radius 2 is 2.06 bits per heavy atom. The van der Waals surface area contributed by atoms with Crippen LogP contribution in [0.15, 0.2) is 23.3 Å². The van der Waals surface area contributed by atoms with Crippen molar-refractivity contribution in [1.82, 2.24) is 0 Å². The Hall–Kier alpha value is -1.38. The van der Waals surface area contributed by atoms with Gasteiger partial charge in [-0.2, -0.15) is 0 Å². The van der Waals surface area contributed by atoms with E-state index in [4.69, 9.17) is 4.74 Å². The molecule has 2 aliphatic carbocycles. The number of ketones is 1. The number of hydrogen-bond donors (Lipinski definition) is 0. The molecule has 3 rings (SSSR count). The van der Waals surface area contributed by atoms with E-state index in [1.165, 1.54) is 11.6 Å². The van der Waals surface area contributed by atoms with E-state index >= 15 is 0 Å². The zero-order valence-corrected chi connectivity index (χ0v) is 11.1. The lowest BCUT2D eigenvalue weighted by molar-refractivity contribution is -0.138. The molecule has 3 heteroatoms. The molecule has 0 N–H and O–H groups in total. The first-order valence-corrected chi connectivity index (χ1v) is 6.50. The third-order valence-corrected chi connectivity index (χ3v) is 4.90. The highest BCUT2D eigenvalue weighted by molar-refractivity contribution is 6.04. The van der Waals surface area contributed by atoms with Crippen molar-refractivity contribution >= 4 is 11.8 Å². The maximum absolute atomic E-state index is 12.0. The van der Waals surface area contributed by atoms with Crippen molar-refractivity contribution < 1.29 is 14.3 Å². The minimum atomic E-state index is -0.299. The monoisotopic (exact) mass is 246 g/mol. The van der Waals surface area contributed by atoms with Gasteiger partial charge in [-0.15, -0.1) is 0 Å². The van der Waals surface area contributed by atoms with Crippen LogP contribution in [0.2, 0.25) is 0 Å². The fourth-order valence-electron chi connectivity index (χ4n) is 3.89. The minimum absolute atomic E-state index is 0.0458. The van der Waals surface area contributed by atoms with Crippen LogP contribution in [-0.4, -0.2) is 17.9 Å². The first kappa shape index (κ1) is 11.7. The van der Waals surface area contributed by atoms with Crippen molar-refractivity contribution in [2.45, 2.75) is 46.1 Å². The van der Waals surface area contributed by atoms with Crippen LogP contribution in [0.1, 0.15) is 40.0 Å². The van der Waals surface area contributed by atoms with E-state index in [2.05, 4.69) is 26.8 Å². The Labute approximate surface area is 107 Å². The van der Waals surface area contributed by atoms with Crippen LogP contribution in [0.5, 0.6) is 0 Å². The van der Waals surface area contributed by atoms with Gasteiger partial charge in [0.05, 0.1) is 5.57 Å². The lowest BCUT2D eigenvalue weighted by Crippen LogP contribution is -2.49. The van der Waals surface area contributed by atoms with Crippen LogP contribution < -0.4 is 0 Å². The summed E-state index contributed by atoms with van der Waals surface area (Å²) < 4.78 is 5.52. The molecule has 0 unspecified atom stereocenters. The predicted molar refractivity (Wildman–Crippen MR) is 66.8 cm³/mol.